The molecule has 2 N–H and O–H groups in total. The van der Waals surface area contributed by atoms with Crippen molar-refractivity contribution in [2.24, 2.45) is 0 Å². The van der Waals surface area contributed by atoms with Gasteiger partial charge in [-0.05, 0) is 24.6 Å². The Kier molecular flexibility index (Phi) is 2.76. The summed E-state index contributed by atoms with van der Waals surface area (Å²) in [5, 5.41) is 0. The van der Waals surface area contributed by atoms with Crippen molar-refractivity contribution in [3.05, 3.63) is 42.7 Å². The van der Waals surface area contributed by atoms with E-state index in [1.807, 2.05) is 30.5 Å². The SMILES string of the molecule is Nc1cncc(N2CCCOc3ccccc32)c1. The van der Waals surface area contributed by atoms with Crippen LogP contribution in [0.2, 0.25) is 0 Å². The Labute approximate surface area is 106 Å². The van der Waals surface area contributed by atoms with Gasteiger partial charge >= 0.3 is 0 Å². The van der Waals surface area contributed by atoms with Gasteiger partial charge in [-0.1, -0.05) is 12.1 Å². The second kappa shape index (κ2) is 4.56. The number of rotatable bonds is 1. The molecule has 0 atom stereocenters. The van der Waals surface area contributed by atoms with Gasteiger partial charge in [0, 0.05) is 12.7 Å². The molecule has 2 aromatic rings. The number of hydrogen-bond acceptors (Lipinski definition) is 4. The Morgan fingerprint density at radius 2 is 2.11 bits per heavy atom. The normalized spacial score (nSPS) is 14.6. The molecule has 4 heteroatoms. The zero-order valence-corrected chi connectivity index (χ0v) is 10.0. The molecule has 0 bridgehead atoms. The molecule has 92 valence electrons. The van der Waals surface area contributed by atoms with E-state index in [0.717, 1.165) is 36.7 Å². The van der Waals surface area contributed by atoms with Gasteiger partial charge in [-0.2, -0.15) is 0 Å². The molecule has 0 aliphatic carbocycles. The topological polar surface area (TPSA) is 51.4 Å². The summed E-state index contributed by atoms with van der Waals surface area (Å²) < 4.78 is 5.74. The van der Waals surface area contributed by atoms with Crippen LogP contribution < -0.4 is 15.4 Å². The number of para-hydroxylation sites is 2. The zero-order valence-electron chi connectivity index (χ0n) is 10.0. The van der Waals surface area contributed by atoms with Gasteiger partial charge in [0.25, 0.3) is 0 Å². The summed E-state index contributed by atoms with van der Waals surface area (Å²) in [5.74, 6) is 0.914. The van der Waals surface area contributed by atoms with Crippen molar-refractivity contribution >= 4 is 17.1 Å². The molecule has 0 amide bonds. The Morgan fingerprint density at radius 3 is 3.00 bits per heavy atom. The first-order valence-electron chi connectivity index (χ1n) is 6.04. The second-order valence-electron chi connectivity index (χ2n) is 4.30. The number of hydrogen-bond donors (Lipinski definition) is 1. The summed E-state index contributed by atoms with van der Waals surface area (Å²) in [4.78, 5) is 6.36. The first-order valence-corrected chi connectivity index (χ1v) is 6.04. The van der Waals surface area contributed by atoms with Gasteiger partial charge in [0.2, 0.25) is 0 Å². The minimum atomic E-state index is 0.676. The highest BCUT2D eigenvalue weighted by Gasteiger charge is 2.17. The van der Waals surface area contributed by atoms with Gasteiger partial charge in [-0.15, -0.1) is 0 Å². The number of ether oxygens (including phenoxy) is 1. The molecule has 2 heterocycles. The van der Waals surface area contributed by atoms with E-state index in [1.165, 1.54) is 0 Å². The third-order valence-electron chi connectivity index (χ3n) is 3.00. The molecular formula is C14H15N3O. The minimum absolute atomic E-state index is 0.676. The molecule has 0 radical (unpaired) electrons. The molecule has 1 aromatic heterocycles. The van der Waals surface area contributed by atoms with E-state index in [4.69, 9.17) is 10.5 Å². The van der Waals surface area contributed by atoms with Crippen molar-refractivity contribution in [1.82, 2.24) is 4.98 Å². The molecule has 0 spiro atoms. The van der Waals surface area contributed by atoms with Crippen molar-refractivity contribution in [1.29, 1.82) is 0 Å². The highest BCUT2D eigenvalue weighted by atomic mass is 16.5. The van der Waals surface area contributed by atoms with Crippen LogP contribution in [0, 0.1) is 0 Å². The summed E-state index contributed by atoms with van der Waals surface area (Å²) in [6.07, 6.45) is 4.46. The predicted molar refractivity (Wildman–Crippen MR) is 72.2 cm³/mol. The number of pyridine rings is 1. The van der Waals surface area contributed by atoms with Crippen molar-refractivity contribution in [2.75, 3.05) is 23.8 Å². The standard InChI is InChI=1S/C14H15N3O/c15-11-8-12(10-16-9-11)17-6-3-7-18-14-5-2-1-4-13(14)17/h1-2,4-5,8-10H,3,6-7,15H2. The van der Waals surface area contributed by atoms with E-state index in [9.17, 15) is 0 Å². The fraction of sp³-hybridized carbons (Fsp3) is 0.214. The molecule has 18 heavy (non-hydrogen) atoms. The van der Waals surface area contributed by atoms with Gasteiger partial charge < -0.3 is 15.4 Å². The lowest BCUT2D eigenvalue weighted by molar-refractivity contribution is 0.322. The first-order chi connectivity index (χ1) is 8.84. The average molecular weight is 241 g/mol. The van der Waals surface area contributed by atoms with Gasteiger partial charge in [0.15, 0.2) is 0 Å². The first kappa shape index (κ1) is 10.9. The fourth-order valence-corrected chi connectivity index (χ4v) is 2.19. The number of anilines is 3. The lowest BCUT2D eigenvalue weighted by atomic mass is 10.2. The van der Waals surface area contributed by atoms with Crippen molar-refractivity contribution in [3.63, 3.8) is 0 Å². The maximum atomic E-state index is 5.80. The molecule has 3 rings (SSSR count). The van der Waals surface area contributed by atoms with Crippen LogP contribution in [0.3, 0.4) is 0 Å². The van der Waals surface area contributed by atoms with E-state index in [-0.39, 0.29) is 0 Å². The summed E-state index contributed by atoms with van der Waals surface area (Å²) in [6.45, 7) is 1.64. The zero-order chi connectivity index (χ0) is 12.4. The van der Waals surface area contributed by atoms with Crippen molar-refractivity contribution in [3.8, 4) is 5.75 Å². The predicted octanol–water partition coefficient (Wildman–Crippen LogP) is 2.58. The summed E-state index contributed by atoms with van der Waals surface area (Å²) in [6, 6.07) is 9.99. The number of nitrogens with two attached hydrogens (primary N) is 1. The molecular weight excluding hydrogens is 226 g/mol. The maximum absolute atomic E-state index is 5.80. The molecule has 1 aromatic carbocycles. The number of aromatic nitrogens is 1. The van der Waals surface area contributed by atoms with Gasteiger partial charge in [-0.25, -0.2) is 0 Å². The maximum Gasteiger partial charge on any atom is 0.142 e. The Morgan fingerprint density at radius 1 is 1.22 bits per heavy atom. The number of nitrogens with zero attached hydrogens (tertiary/aromatic N) is 2. The van der Waals surface area contributed by atoms with Gasteiger partial charge in [-0.3, -0.25) is 4.98 Å². The molecule has 0 unspecified atom stereocenters. The number of nitrogen functional groups attached to an aromatic ring is 1. The smallest absolute Gasteiger partial charge is 0.142 e. The van der Waals surface area contributed by atoms with E-state index < -0.39 is 0 Å². The van der Waals surface area contributed by atoms with E-state index in [0.29, 0.717) is 5.69 Å². The lowest BCUT2D eigenvalue weighted by Gasteiger charge is -2.23. The van der Waals surface area contributed by atoms with Crippen LogP contribution in [0.15, 0.2) is 42.7 Å². The summed E-state index contributed by atoms with van der Waals surface area (Å²) >= 11 is 0. The largest absolute Gasteiger partial charge is 0.491 e. The molecule has 0 saturated heterocycles. The lowest BCUT2D eigenvalue weighted by Crippen LogP contribution is -2.17. The second-order valence-corrected chi connectivity index (χ2v) is 4.30. The minimum Gasteiger partial charge on any atom is -0.491 e. The highest BCUT2D eigenvalue weighted by Crippen LogP contribution is 2.35. The Hall–Kier alpha value is -2.23. The van der Waals surface area contributed by atoms with Crippen molar-refractivity contribution in [2.45, 2.75) is 6.42 Å². The summed E-state index contributed by atoms with van der Waals surface area (Å²) in [7, 11) is 0. The monoisotopic (exact) mass is 241 g/mol. The molecule has 0 fully saturated rings. The van der Waals surface area contributed by atoms with Gasteiger partial charge in [0.1, 0.15) is 5.75 Å². The van der Waals surface area contributed by atoms with Crippen LogP contribution >= 0.6 is 0 Å². The van der Waals surface area contributed by atoms with Crippen molar-refractivity contribution < 1.29 is 4.74 Å². The number of benzene rings is 1. The van der Waals surface area contributed by atoms with Crippen LogP contribution in [-0.4, -0.2) is 18.1 Å². The van der Waals surface area contributed by atoms with Crippen LogP contribution in [-0.2, 0) is 0 Å². The molecule has 1 aliphatic rings. The number of fused-ring (bicyclic) bond motifs is 1. The van der Waals surface area contributed by atoms with Crippen LogP contribution in [0.4, 0.5) is 17.1 Å². The van der Waals surface area contributed by atoms with E-state index in [1.54, 1.807) is 6.20 Å². The fourth-order valence-electron chi connectivity index (χ4n) is 2.19. The third kappa shape index (κ3) is 1.97. The Bertz CT molecular complexity index is 556. The van der Waals surface area contributed by atoms with Gasteiger partial charge in [0.05, 0.1) is 29.9 Å². The third-order valence-corrected chi connectivity index (χ3v) is 3.00. The molecule has 1 aliphatic heterocycles. The van der Waals surface area contributed by atoms with Crippen LogP contribution in [0.1, 0.15) is 6.42 Å². The Balaban J connectivity index is 2.06. The molecule has 0 saturated carbocycles. The average Bonchev–Trinajstić information content (AvgIpc) is 2.61. The van der Waals surface area contributed by atoms with E-state index >= 15 is 0 Å². The van der Waals surface area contributed by atoms with Crippen LogP contribution in [0.25, 0.3) is 0 Å². The molecule has 4 nitrogen and oxygen atoms in total. The highest BCUT2D eigenvalue weighted by molar-refractivity contribution is 5.70. The quantitative estimate of drug-likeness (QED) is 0.833. The van der Waals surface area contributed by atoms with Crippen LogP contribution in [0.5, 0.6) is 5.75 Å². The summed E-state index contributed by atoms with van der Waals surface area (Å²) in [5.41, 5.74) is 8.56. The van der Waals surface area contributed by atoms with E-state index in [2.05, 4.69) is 16.0 Å².